The van der Waals surface area contributed by atoms with Crippen molar-refractivity contribution in [2.75, 3.05) is 5.73 Å². The van der Waals surface area contributed by atoms with Crippen LogP contribution < -0.4 is 5.73 Å². The van der Waals surface area contributed by atoms with Crippen LogP contribution in [0.2, 0.25) is 0 Å². The maximum atomic E-state index is 13.4. The predicted molar refractivity (Wildman–Crippen MR) is 64.1 cm³/mol. The zero-order valence-electron chi connectivity index (χ0n) is 9.24. The number of ketones is 2. The molecule has 0 radical (unpaired) electrons. The molecular weight excluding hydrogens is 233 g/mol. The summed E-state index contributed by atoms with van der Waals surface area (Å²) in [6, 6.07) is 8.75. The van der Waals surface area contributed by atoms with Crippen LogP contribution in [0.15, 0.2) is 36.4 Å². The molecule has 1 aliphatic carbocycles. The highest BCUT2D eigenvalue weighted by Gasteiger charge is 2.30. The van der Waals surface area contributed by atoms with Gasteiger partial charge < -0.3 is 5.73 Å². The maximum Gasteiger partial charge on any atom is 0.194 e. The Morgan fingerprint density at radius 3 is 1.89 bits per heavy atom. The summed E-state index contributed by atoms with van der Waals surface area (Å²) in [5.74, 6) is -1.33. The molecule has 2 N–H and O–H groups in total. The van der Waals surface area contributed by atoms with Crippen molar-refractivity contribution in [3.8, 4) is 0 Å². The largest absolute Gasteiger partial charge is 0.396 e. The summed E-state index contributed by atoms with van der Waals surface area (Å²) in [6.45, 7) is 0. The Bertz CT molecular complexity index is 647. The lowest BCUT2D eigenvalue weighted by molar-refractivity contribution is 0.0979. The summed E-state index contributed by atoms with van der Waals surface area (Å²) >= 11 is 0. The third-order valence-electron chi connectivity index (χ3n) is 3.04. The molecule has 0 saturated heterocycles. The van der Waals surface area contributed by atoms with Crippen LogP contribution in [0.4, 0.5) is 10.1 Å². The number of benzene rings is 2. The van der Waals surface area contributed by atoms with Crippen LogP contribution in [0.1, 0.15) is 31.8 Å². The van der Waals surface area contributed by atoms with Gasteiger partial charge in [0.15, 0.2) is 11.6 Å². The second-order valence-corrected chi connectivity index (χ2v) is 4.12. The number of anilines is 1. The standard InChI is InChI=1S/C14H8FNO2/c15-11-5-9-10(6-12(11)16)14(18)8-4-2-1-3-7(8)13(9)17/h1-6H,16H2. The number of nitrogen functional groups attached to an aromatic ring is 1. The van der Waals surface area contributed by atoms with Gasteiger partial charge in [-0.15, -0.1) is 0 Å². The molecule has 0 heterocycles. The van der Waals surface area contributed by atoms with E-state index in [0.29, 0.717) is 11.1 Å². The van der Waals surface area contributed by atoms with Crippen molar-refractivity contribution in [1.82, 2.24) is 0 Å². The second-order valence-electron chi connectivity index (χ2n) is 4.12. The van der Waals surface area contributed by atoms with Gasteiger partial charge in [0.25, 0.3) is 0 Å². The first kappa shape index (κ1) is 10.7. The van der Waals surface area contributed by atoms with E-state index in [1.54, 1.807) is 24.3 Å². The van der Waals surface area contributed by atoms with Gasteiger partial charge in [-0.05, 0) is 12.1 Å². The fourth-order valence-corrected chi connectivity index (χ4v) is 2.14. The van der Waals surface area contributed by atoms with Gasteiger partial charge in [-0.25, -0.2) is 4.39 Å². The molecule has 3 nitrogen and oxygen atoms in total. The van der Waals surface area contributed by atoms with Crippen LogP contribution >= 0.6 is 0 Å². The Hall–Kier alpha value is -2.49. The van der Waals surface area contributed by atoms with Crippen LogP contribution in [0.5, 0.6) is 0 Å². The third kappa shape index (κ3) is 1.29. The van der Waals surface area contributed by atoms with E-state index in [1.165, 1.54) is 6.07 Å². The maximum absolute atomic E-state index is 13.4. The van der Waals surface area contributed by atoms with Crippen LogP contribution in [-0.2, 0) is 0 Å². The summed E-state index contributed by atoms with van der Waals surface area (Å²) in [5.41, 5.74) is 6.18. The molecule has 0 saturated carbocycles. The monoisotopic (exact) mass is 241 g/mol. The molecule has 0 aromatic heterocycles. The van der Waals surface area contributed by atoms with E-state index in [0.717, 1.165) is 6.07 Å². The molecule has 0 atom stereocenters. The fraction of sp³-hybridized carbons (Fsp3) is 0. The van der Waals surface area contributed by atoms with Crippen molar-refractivity contribution >= 4 is 17.3 Å². The lowest BCUT2D eigenvalue weighted by Crippen LogP contribution is -2.21. The van der Waals surface area contributed by atoms with Gasteiger partial charge in [0.1, 0.15) is 5.82 Å². The van der Waals surface area contributed by atoms with Gasteiger partial charge in [0.2, 0.25) is 0 Å². The smallest absolute Gasteiger partial charge is 0.194 e. The van der Waals surface area contributed by atoms with E-state index in [1.807, 2.05) is 0 Å². The van der Waals surface area contributed by atoms with E-state index in [-0.39, 0.29) is 28.4 Å². The molecule has 0 spiro atoms. The van der Waals surface area contributed by atoms with E-state index in [4.69, 9.17) is 5.73 Å². The van der Waals surface area contributed by atoms with E-state index < -0.39 is 5.82 Å². The van der Waals surface area contributed by atoms with Gasteiger partial charge in [0.05, 0.1) is 5.69 Å². The van der Waals surface area contributed by atoms with Crippen molar-refractivity contribution in [2.24, 2.45) is 0 Å². The first-order valence-corrected chi connectivity index (χ1v) is 5.37. The van der Waals surface area contributed by atoms with Crippen LogP contribution in [0, 0.1) is 5.82 Å². The minimum Gasteiger partial charge on any atom is -0.396 e. The third-order valence-corrected chi connectivity index (χ3v) is 3.04. The fourth-order valence-electron chi connectivity index (χ4n) is 2.14. The average molecular weight is 241 g/mol. The molecule has 0 amide bonds. The Morgan fingerprint density at radius 1 is 0.833 bits per heavy atom. The number of fused-ring (bicyclic) bond motifs is 2. The molecule has 2 aromatic carbocycles. The van der Waals surface area contributed by atoms with Crippen LogP contribution in [0.3, 0.4) is 0 Å². The predicted octanol–water partition coefficient (Wildman–Crippen LogP) is 2.18. The second kappa shape index (κ2) is 3.50. The van der Waals surface area contributed by atoms with E-state index in [2.05, 4.69) is 0 Å². The number of hydrogen-bond donors (Lipinski definition) is 1. The van der Waals surface area contributed by atoms with Crippen molar-refractivity contribution in [2.45, 2.75) is 0 Å². The van der Waals surface area contributed by atoms with Crippen molar-refractivity contribution < 1.29 is 14.0 Å². The minimum absolute atomic E-state index is 0.0744. The minimum atomic E-state index is -0.686. The molecular formula is C14H8FNO2. The SMILES string of the molecule is Nc1cc2c(cc1F)C(=O)c1ccccc1C2=O. The highest BCUT2D eigenvalue weighted by atomic mass is 19.1. The van der Waals surface area contributed by atoms with Gasteiger partial charge >= 0.3 is 0 Å². The molecule has 18 heavy (non-hydrogen) atoms. The lowest BCUT2D eigenvalue weighted by Gasteiger charge is -2.17. The highest BCUT2D eigenvalue weighted by Crippen LogP contribution is 2.29. The molecule has 0 unspecified atom stereocenters. The average Bonchev–Trinajstić information content (AvgIpc) is 2.38. The molecule has 4 heteroatoms. The molecule has 1 aliphatic rings. The molecule has 2 aromatic rings. The molecule has 0 fully saturated rings. The zero-order chi connectivity index (χ0) is 12.9. The van der Waals surface area contributed by atoms with Gasteiger partial charge in [-0.3, -0.25) is 9.59 Å². The molecule has 0 aliphatic heterocycles. The summed E-state index contributed by atoms with van der Waals surface area (Å²) in [4.78, 5) is 24.3. The van der Waals surface area contributed by atoms with Crippen molar-refractivity contribution in [3.05, 3.63) is 64.5 Å². The van der Waals surface area contributed by atoms with Crippen LogP contribution in [0.25, 0.3) is 0 Å². The molecule has 0 bridgehead atoms. The Labute approximate surface area is 102 Å². The quantitative estimate of drug-likeness (QED) is 0.614. The first-order chi connectivity index (χ1) is 8.59. The van der Waals surface area contributed by atoms with Crippen molar-refractivity contribution in [3.63, 3.8) is 0 Å². The Morgan fingerprint density at radius 2 is 1.33 bits per heavy atom. The van der Waals surface area contributed by atoms with Gasteiger partial charge in [-0.2, -0.15) is 0 Å². The zero-order valence-corrected chi connectivity index (χ0v) is 9.24. The number of rotatable bonds is 0. The topological polar surface area (TPSA) is 60.2 Å². The summed E-state index contributed by atoms with van der Waals surface area (Å²) in [6.07, 6.45) is 0. The van der Waals surface area contributed by atoms with Crippen LogP contribution in [-0.4, -0.2) is 11.6 Å². The van der Waals surface area contributed by atoms with E-state index in [9.17, 15) is 14.0 Å². The number of nitrogens with two attached hydrogens (primary N) is 1. The highest BCUT2D eigenvalue weighted by molar-refractivity contribution is 6.28. The van der Waals surface area contributed by atoms with Gasteiger partial charge in [0, 0.05) is 22.3 Å². The number of halogens is 1. The summed E-state index contributed by atoms with van der Waals surface area (Å²) in [7, 11) is 0. The Kier molecular flexibility index (Phi) is 2.07. The lowest BCUT2D eigenvalue weighted by atomic mass is 9.84. The first-order valence-electron chi connectivity index (χ1n) is 5.37. The van der Waals surface area contributed by atoms with Gasteiger partial charge in [-0.1, -0.05) is 24.3 Å². The number of hydrogen-bond acceptors (Lipinski definition) is 3. The van der Waals surface area contributed by atoms with E-state index >= 15 is 0 Å². The normalized spacial score (nSPS) is 13.2. The molecule has 88 valence electrons. The summed E-state index contributed by atoms with van der Waals surface area (Å²) < 4.78 is 13.4. The Balaban J connectivity index is 2.34. The summed E-state index contributed by atoms with van der Waals surface area (Å²) in [5, 5.41) is 0. The molecule has 3 rings (SSSR count). The van der Waals surface area contributed by atoms with Crippen molar-refractivity contribution in [1.29, 1.82) is 0 Å². The number of carbonyl (C=O) groups excluding carboxylic acids is 2. The number of carbonyl (C=O) groups is 2.